The smallest absolute Gasteiger partial charge is 0.262 e. The fourth-order valence-electron chi connectivity index (χ4n) is 2.60. The van der Waals surface area contributed by atoms with Gasteiger partial charge in [0.15, 0.2) is 11.0 Å². The minimum atomic E-state index is -0.0799. The van der Waals surface area contributed by atoms with Crippen LogP contribution in [0.3, 0.4) is 0 Å². The molecule has 0 unspecified atom stereocenters. The fraction of sp³-hybridized carbons (Fsp3) is 0.167. The van der Waals surface area contributed by atoms with Crippen LogP contribution in [0.1, 0.15) is 17.3 Å². The Balaban J connectivity index is 1.75. The molecule has 8 heteroatoms. The van der Waals surface area contributed by atoms with Crippen LogP contribution in [-0.2, 0) is 12.3 Å². The summed E-state index contributed by atoms with van der Waals surface area (Å²) >= 11 is 1.40. The van der Waals surface area contributed by atoms with Gasteiger partial charge in [-0.15, -0.1) is 0 Å². The Morgan fingerprint density at radius 1 is 1.15 bits per heavy atom. The van der Waals surface area contributed by atoms with Gasteiger partial charge in [0.2, 0.25) is 5.89 Å². The second-order valence-corrected chi connectivity index (χ2v) is 6.63. The highest BCUT2D eigenvalue weighted by Gasteiger charge is 2.14. The third-order valence-electron chi connectivity index (χ3n) is 3.78. The quantitative estimate of drug-likeness (QED) is 0.397. The van der Waals surface area contributed by atoms with Crippen molar-refractivity contribution in [1.82, 2.24) is 24.7 Å². The number of benzene rings is 1. The molecular weight excluding hydrogens is 350 g/mol. The summed E-state index contributed by atoms with van der Waals surface area (Å²) in [5.41, 5.74) is 1.52. The predicted octanol–water partition coefficient (Wildman–Crippen LogP) is 2.82. The first-order valence-electron chi connectivity index (χ1n) is 8.01. The molecule has 26 heavy (non-hydrogen) atoms. The lowest BCUT2D eigenvalue weighted by molar-refractivity contribution is 0.387. The number of hydrogen-bond donors (Lipinski definition) is 0. The van der Waals surface area contributed by atoms with Crippen LogP contribution in [0.4, 0.5) is 0 Å². The SMILES string of the molecule is Cc1noc(CSc2nc3ccccc3c(=O)n2Cc2cccnc2)n1. The molecule has 3 heterocycles. The number of rotatable bonds is 5. The number of thioether (sulfide) groups is 1. The minimum Gasteiger partial charge on any atom is -0.338 e. The predicted molar refractivity (Wildman–Crippen MR) is 97.9 cm³/mol. The minimum absolute atomic E-state index is 0.0799. The number of para-hydroxylation sites is 1. The normalized spacial score (nSPS) is 11.1. The molecule has 0 N–H and O–H groups in total. The van der Waals surface area contributed by atoms with E-state index in [-0.39, 0.29) is 5.56 Å². The maximum atomic E-state index is 13.0. The average Bonchev–Trinajstić information content (AvgIpc) is 3.09. The molecule has 4 rings (SSSR count). The third kappa shape index (κ3) is 3.36. The van der Waals surface area contributed by atoms with Gasteiger partial charge >= 0.3 is 0 Å². The summed E-state index contributed by atoms with van der Waals surface area (Å²) in [6.07, 6.45) is 3.45. The van der Waals surface area contributed by atoms with Gasteiger partial charge in [-0.25, -0.2) is 4.98 Å². The van der Waals surface area contributed by atoms with Gasteiger partial charge in [0, 0.05) is 12.4 Å². The van der Waals surface area contributed by atoms with Gasteiger partial charge < -0.3 is 4.52 Å². The Morgan fingerprint density at radius 3 is 2.81 bits per heavy atom. The molecule has 0 bridgehead atoms. The highest BCUT2D eigenvalue weighted by molar-refractivity contribution is 7.98. The van der Waals surface area contributed by atoms with Crippen molar-refractivity contribution < 1.29 is 4.52 Å². The van der Waals surface area contributed by atoms with Crippen molar-refractivity contribution in [3.8, 4) is 0 Å². The molecule has 0 aliphatic carbocycles. The van der Waals surface area contributed by atoms with Crippen LogP contribution >= 0.6 is 11.8 Å². The largest absolute Gasteiger partial charge is 0.338 e. The highest BCUT2D eigenvalue weighted by atomic mass is 32.2. The number of nitrogens with zero attached hydrogens (tertiary/aromatic N) is 5. The molecule has 7 nitrogen and oxygen atoms in total. The summed E-state index contributed by atoms with van der Waals surface area (Å²) in [5.74, 6) is 1.53. The van der Waals surface area contributed by atoms with Gasteiger partial charge in [-0.2, -0.15) is 4.98 Å². The van der Waals surface area contributed by atoms with Crippen molar-refractivity contribution in [2.45, 2.75) is 24.4 Å². The van der Waals surface area contributed by atoms with E-state index in [0.717, 1.165) is 5.56 Å². The Morgan fingerprint density at radius 2 is 2.04 bits per heavy atom. The molecule has 0 atom stereocenters. The first-order valence-corrected chi connectivity index (χ1v) is 9.00. The zero-order valence-electron chi connectivity index (χ0n) is 14.0. The Bertz CT molecular complexity index is 1110. The van der Waals surface area contributed by atoms with Crippen molar-refractivity contribution in [3.63, 3.8) is 0 Å². The summed E-state index contributed by atoms with van der Waals surface area (Å²) in [6.45, 7) is 2.17. The summed E-state index contributed by atoms with van der Waals surface area (Å²) in [6, 6.07) is 11.1. The Kier molecular flexibility index (Phi) is 4.49. The van der Waals surface area contributed by atoms with Crippen LogP contribution in [0.25, 0.3) is 10.9 Å². The second-order valence-electron chi connectivity index (χ2n) is 5.69. The van der Waals surface area contributed by atoms with E-state index in [0.29, 0.717) is 40.1 Å². The van der Waals surface area contributed by atoms with Crippen LogP contribution < -0.4 is 5.56 Å². The molecule has 0 aliphatic rings. The first-order chi connectivity index (χ1) is 12.7. The highest BCUT2D eigenvalue weighted by Crippen LogP contribution is 2.22. The van der Waals surface area contributed by atoms with Gasteiger partial charge in [-0.3, -0.25) is 14.3 Å². The standard InChI is InChI=1S/C18H15N5O2S/c1-12-20-16(25-22-12)11-26-18-21-15-7-3-2-6-14(15)17(24)23(18)10-13-5-4-8-19-9-13/h2-9H,10-11H2,1H3. The van der Waals surface area contributed by atoms with E-state index in [2.05, 4.69) is 20.1 Å². The molecule has 130 valence electrons. The van der Waals surface area contributed by atoms with Gasteiger partial charge in [-0.05, 0) is 30.7 Å². The first kappa shape index (κ1) is 16.5. The molecule has 3 aromatic heterocycles. The topological polar surface area (TPSA) is 86.7 Å². The van der Waals surface area contributed by atoms with Crippen molar-refractivity contribution in [1.29, 1.82) is 0 Å². The second kappa shape index (κ2) is 7.09. The zero-order valence-corrected chi connectivity index (χ0v) is 14.8. The van der Waals surface area contributed by atoms with Crippen LogP contribution in [0, 0.1) is 6.92 Å². The molecule has 0 fully saturated rings. The van der Waals surface area contributed by atoms with Crippen molar-refractivity contribution in [2.75, 3.05) is 0 Å². The van der Waals surface area contributed by atoms with E-state index >= 15 is 0 Å². The van der Waals surface area contributed by atoms with Crippen LogP contribution in [-0.4, -0.2) is 24.7 Å². The third-order valence-corrected chi connectivity index (χ3v) is 4.75. The van der Waals surface area contributed by atoms with E-state index in [4.69, 9.17) is 4.52 Å². The molecule has 4 aromatic rings. The molecule has 1 aromatic carbocycles. The number of pyridine rings is 1. The van der Waals surface area contributed by atoms with Crippen molar-refractivity contribution in [3.05, 3.63) is 76.4 Å². The van der Waals surface area contributed by atoms with Crippen LogP contribution in [0.15, 0.2) is 63.3 Å². The fourth-order valence-corrected chi connectivity index (χ4v) is 3.43. The van der Waals surface area contributed by atoms with E-state index in [1.54, 1.807) is 30.0 Å². The molecular formula is C18H15N5O2S. The number of aryl methyl sites for hydroxylation is 1. The molecule has 0 spiro atoms. The number of fused-ring (bicyclic) bond motifs is 1. The van der Waals surface area contributed by atoms with Gasteiger partial charge in [0.1, 0.15) is 0 Å². The monoisotopic (exact) mass is 365 g/mol. The Labute approximate surface area is 153 Å². The van der Waals surface area contributed by atoms with Crippen LogP contribution in [0.2, 0.25) is 0 Å². The van der Waals surface area contributed by atoms with E-state index in [9.17, 15) is 4.79 Å². The van der Waals surface area contributed by atoms with E-state index in [1.807, 2.05) is 30.3 Å². The van der Waals surface area contributed by atoms with E-state index < -0.39 is 0 Å². The van der Waals surface area contributed by atoms with Crippen molar-refractivity contribution in [2.24, 2.45) is 0 Å². The van der Waals surface area contributed by atoms with Gasteiger partial charge in [-0.1, -0.05) is 35.1 Å². The molecule has 0 aliphatic heterocycles. The molecule has 0 radical (unpaired) electrons. The van der Waals surface area contributed by atoms with E-state index in [1.165, 1.54) is 11.8 Å². The number of aromatic nitrogens is 5. The summed E-state index contributed by atoms with van der Waals surface area (Å²) in [4.78, 5) is 26.0. The molecule has 0 saturated heterocycles. The summed E-state index contributed by atoms with van der Waals surface area (Å²) < 4.78 is 6.81. The maximum Gasteiger partial charge on any atom is 0.262 e. The lowest BCUT2D eigenvalue weighted by Gasteiger charge is -2.12. The summed E-state index contributed by atoms with van der Waals surface area (Å²) in [7, 11) is 0. The number of hydrogen-bond acceptors (Lipinski definition) is 7. The lowest BCUT2D eigenvalue weighted by Crippen LogP contribution is -2.24. The molecule has 0 amide bonds. The van der Waals surface area contributed by atoms with Crippen molar-refractivity contribution >= 4 is 22.7 Å². The average molecular weight is 365 g/mol. The summed E-state index contributed by atoms with van der Waals surface area (Å²) in [5, 5.41) is 4.99. The Hall–Kier alpha value is -3.00. The maximum absolute atomic E-state index is 13.0. The van der Waals surface area contributed by atoms with Gasteiger partial charge in [0.25, 0.3) is 5.56 Å². The molecule has 0 saturated carbocycles. The lowest BCUT2D eigenvalue weighted by atomic mass is 10.2. The van der Waals surface area contributed by atoms with Crippen LogP contribution in [0.5, 0.6) is 0 Å². The van der Waals surface area contributed by atoms with Gasteiger partial charge in [0.05, 0.1) is 23.2 Å². The zero-order chi connectivity index (χ0) is 17.9.